The van der Waals surface area contributed by atoms with E-state index in [0.717, 1.165) is 29.2 Å². The Morgan fingerprint density at radius 2 is 1.34 bits per heavy atom. The molecule has 2 aromatic rings. The van der Waals surface area contributed by atoms with Crippen LogP contribution in [0.5, 0.6) is 0 Å². The monoisotopic (exact) mass is 398 g/mol. The molecular weight excluding hydrogens is 364 g/mol. The van der Waals surface area contributed by atoms with E-state index in [0.29, 0.717) is 6.61 Å². The molecule has 0 heterocycles. The SMILES string of the molecule is CCCCCCCCCCOC(=O)CCC(=O)OCc1ccc2ccccc2c1. The highest BCUT2D eigenvalue weighted by molar-refractivity contribution is 5.83. The Morgan fingerprint density at radius 3 is 2.07 bits per heavy atom. The summed E-state index contributed by atoms with van der Waals surface area (Å²) >= 11 is 0. The van der Waals surface area contributed by atoms with Gasteiger partial charge in [0.2, 0.25) is 0 Å². The zero-order valence-corrected chi connectivity index (χ0v) is 17.7. The average molecular weight is 399 g/mol. The molecule has 0 atom stereocenters. The molecule has 4 heteroatoms. The molecule has 0 aliphatic heterocycles. The zero-order valence-electron chi connectivity index (χ0n) is 17.7. The summed E-state index contributed by atoms with van der Waals surface area (Å²) in [5, 5.41) is 2.27. The van der Waals surface area contributed by atoms with Crippen molar-refractivity contribution in [3.8, 4) is 0 Å². The molecule has 2 aromatic carbocycles. The van der Waals surface area contributed by atoms with Gasteiger partial charge < -0.3 is 9.47 Å². The summed E-state index contributed by atoms with van der Waals surface area (Å²) in [6, 6.07) is 14.0. The molecule has 29 heavy (non-hydrogen) atoms. The smallest absolute Gasteiger partial charge is 0.306 e. The second-order valence-electron chi connectivity index (χ2n) is 7.54. The predicted molar refractivity (Wildman–Crippen MR) is 117 cm³/mol. The average Bonchev–Trinajstić information content (AvgIpc) is 2.75. The molecule has 0 N–H and O–H groups in total. The lowest BCUT2D eigenvalue weighted by molar-refractivity contribution is -0.151. The first kappa shape index (κ1) is 22.9. The highest BCUT2D eigenvalue weighted by Gasteiger charge is 2.09. The fraction of sp³-hybridized carbons (Fsp3) is 0.520. The molecule has 2 rings (SSSR count). The maximum absolute atomic E-state index is 11.9. The third-order valence-corrected chi connectivity index (χ3v) is 5.01. The van der Waals surface area contributed by atoms with Gasteiger partial charge in [-0.1, -0.05) is 88.3 Å². The summed E-state index contributed by atoms with van der Waals surface area (Å²) in [6.07, 6.45) is 9.79. The van der Waals surface area contributed by atoms with E-state index in [9.17, 15) is 9.59 Å². The van der Waals surface area contributed by atoms with Crippen LogP contribution in [0.25, 0.3) is 10.8 Å². The second kappa shape index (κ2) is 13.8. The van der Waals surface area contributed by atoms with Gasteiger partial charge in [0.15, 0.2) is 0 Å². The van der Waals surface area contributed by atoms with Crippen LogP contribution >= 0.6 is 0 Å². The Bertz CT molecular complexity index is 753. The van der Waals surface area contributed by atoms with Crippen molar-refractivity contribution in [2.75, 3.05) is 6.61 Å². The largest absolute Gasteiger partial charge is 0.466 e. The second-order valence-corrected chi connectivity index (χ2v) is 7.54. The first-order chi connectivity index (χ1) is 14.2. The third-order valence-electron chi connectivity index (χ3n) is 5.01. The summed E-state index contributed by atoms with van der Waals surface area (Å²) in [5.74, 6) is -0.696. The van der Waals surface area contributed by atoms with Crippen LogP contribution in [0, 0.1) is 0 Å². The molecule has 0 aliphatic rings. The van der Waals surface area contributed by atoms with Crippen molar-refractivity contribution >= 4 is 22.7 Å². The van der Waals surface area contributed by atoms with E-state index >= 15 is 0 Å². The minimum absolute atomic E-state index is 0.0594. The van der Waals surface area contributed by atoms with Gasteiger partial charge in [0, 0.05) is 0 Å². The van der Waals surface area contributed by atoms with Gasteiger partial charge in [-0.25, -0.2) is 0 Å². The number of hydrogen-bond acceptors (Lipinski definition) is 4. The van der Waals surface area contributed by atoms with Crippen molar-refractivity contribution in [3.63, 3.8) is 0 Å². The first-order valence-electron chi connectivity index (χ1n) is 11.0. The summed E-state index contributed by atoms with van der Waals surface area (Å²) in [4.78, 5) is 23.6. The molecule has 0 unspecified atom stereocenters. The van der Waals surface area contributed by atoms with E-state index in [-0.39, 0.29) is 31.4 Å². The Kier molecular flexibility index (Phi) is 10.9. The zero-order chi connectivity index (χ0) is 20.7. The van der Waals surface area contributed by atoms with Gasteiger partial charge in [0.25, 0.3) is 0 Å². The van der Waals surface area contributed by atoms with Crippen molar-refractivity contribution in [2.24, 2.45) is 0 Å². The molecule has 0 saturated heterocycles. The van der Waals surface area contributed by atoms with E-state index in [1.165, 1.54) is 38.5 Å². The molecule has 0 saturated carbocycles. The van der Waals surface area contributed by atoms with Crippen LogP contribution in [0.3, 0.4) is 0 Å². The van der Waals surface area contributed by atoms with E-state index in [1.54, 1.807) is 0 Å². The molecule has 0 amide bonds. The molecule has 158 valence electrons. The lowest BCUT2D eigenvalue weighted by Crippen LogP contribution is -2.11. The van der Waals surface area contributed by atoms with Gasteiger partial charge in [-0.05, 0) is 28.8 Å². The summed E-state index contributed by atoms with van der Waals surface area (Å²) in [6.45, 7) is 2.88. The van der Waals surface area contributed by atoms with Gasteiger partial charge in [-0.2, -0.15) is 0 Å². The molecule has 0 aliphatic carbocycles. The number of fused-ring (bicyclic) bond motifs is 1. The lowest BCUT2D eigenvalue weighted by atomic mass is 10.1. The molecule has 4 nitrogen and oxygen atoms in total. The van der Waals surface area contributed by atoms with E-state index in [4.69, 9.17) is 9.47 Å². The Morgan fingerprint density at radius 1 is 0.724 bits per heavy atom. The maximum atomic E-state index is 11.9. The van der Waals surface area contributed by atoms with Gasteiger partial charge in [0.05, 0.1) is 19.4 Å². The van der Waals surface area contributed by atoms with Gasteiger partial charge in [-0.3, -0.25) is 9.59 Å². The summed E-state index contributed by atoms with van der Waals surface area (Å²) < 4.78 is 10.5. The van der Waals surface area contributed by atoms with Crippen LogP contribution in [0.4, 0.5) is 0 Å². The number of carbonyl (C=O) groups excluding carboxylic acids is 2. The van der Waals surface area contributed by atoms with Crippen LogP contribution in [0.2, 0.25) is 0 Å². The summed E-state index contributed by atoms with van der Waals surface area (Å²) in [7, 11) is 0. The minimum Gasteiger partial charge on any atom is -0.466 e. The van der Waals surface area contributed by atoms with Crippen molar-refractivity contribution in [1.29, 1.82) is 0 Å². The topological polar surface area (TPSA) is 52.6 Å². The number of esters is 2. The van der Waals surface area contributed by atoms with Crippen LogP contribution in [0.1, 0.15) is 76.7 Å². The highest BCUT2D eigenvalue weighted by atomic mass is 16.5. The number of rotatable bonds is 14. The van der Waals surface area contributed by atoms with Crippen LogP contribution in [-0.4, -0.2) is 18.5 Å². The van der Waals surface area contributed by atoms with Crippen LogP contribution in [0.15, 0.2) is 42.5 Å². The van der Waals surface area contributed by atoms with E-state index < -0.39 is 0 Å². The maximum Gasteiger partial charge on any atom is 0.306 e. The number of carbonyl (C=O) groups is 2. The van der Waals surface area contributed by atoms with Crippen LogP contribution in [-0.2, 0) is 25.7 Å². The molecule has 0 fully saturated rings. The van der Waals surface area contributed by atoms with Crippen molar-refractivity contribution < 1.29 is 19.1 Å². The third kappa shape index (κ3) is 9.60. The number of unbranched alkanes of at least 4 members (excludes halogenated alkanes) is 7. The number of hydrogen-bond donors (Lipinski definition) is 0. The van der Waals surface area contributed by atoms with Crippen molar-refractivity contribution in [3.05, 3.63) is 48.0 Å². The van der Waals surface area contributed by atoms with Gasteiger partial charge in [0.1, 0.15) is 6.61 Å². The Labute approximate surface area is 174 Å². The molecule has 0 spiro atoms. The van der Waals surface area contributed by atoms with Gasteiger partial charge >= 0.3 is 11.9 Å². The normalized spacial score (nSPS) is 10.8. The van der Waals surface area contributed by atoms with Crippen molar-refractivity contribution in [1.82, 2.24) is 0 Å². The lowest BCUT2D eigenvalue weighted by Gasteiger charge is -2.07. The number of ether oxygens (including phenoxy) is 2. The van der Waals surface area contributed by atoms with E-state index in [2.05, 4.69) is 6.92 Å². The standard InChI is InChI=1S/C25H34O4/c1-2-3-4-5-6-7-8-11-18-28-24(26)16-17-25(27)29-20-21-14-15-22-12-9-10-13-23(22)19-21/h9-10,12-15,19H,2-8,11,16-18,20H2,1H3. The molecule has 0 aromatic heterocycles. The minimum atomic E-state index is -0.373. The molecular formula is C25H34O4. The predicted octanol–water partition coefficient (Wildman–Crippen LogP) is 6.35. The number of benzene rings is 2. The van der Waals surface area contributed by atoms with Gasteiger partial charge in [-0.15, -0.1) is 0 Å². The quantitative estimate of drug-likeness (QED) is 0.275. The Hall–Kier alpha value is -2.36. The van der Waals surface area contributed by atoms with Crippen molar-refractivity contribution in [2.45, 2.75) is 77.7 Å². The molecule has 0 radical (unpaired) electrons. The Balaban J connectivity index is 1.51. The highest BCUT2D eigenvalue weighted by Crippen LogP contribution is 2.16. The molecule has 0 bridgehead atoms. The first-order valence-corrected chi connectivity index (χ1v) is 11.0. The summed E-state index contributed by atoms with van der Waals surface area (Å²) in [5.41, 5.74) is 0.939. The fourth-order valence-corrected chi connectivity index (χ4v) is 3.26. The van der Waals surface area contributed by atoms with E-state index in [1.807, 2.05) is 42.5 Å². The fourth-order valence-electron chi connectivity index (χ4n) is 3.26. The van der Waals surface area contributed by atoms with Crippen LogP contribution < -0.4 is 0 Å².